The number of halogens is 2. The van der Waals surface area contributed by atoms with E-state index in [4.69, 9.17) is 34.0 Å². The normalized spacial score (nSPS) is 16.5. The van der Waals surface area contributed by atoms with E-state index in [1.165, 1.54) is 51.0 Å². The Kier molecular flexibility index (Phi) is 7.57. The lowest BCUT2D eigenvalue weighted by Crippen LogP contribution is -2.32. The second kappa shape index (κ2) is 11.5. The minimum Gasteiger partial charge on any atom is -0.366 e. The Bertz CT molecular complexity index is 1690. The molecular weight excluding hydrogens is 583 g/mol. The first kappa shape index (κ1) is 27.7. The Morgan fingerprint density at radius 2 is 1.50 bits per heavy atom. The van der Waals surface area contributed by atoms with E-state index in [2.05, 4.69) is 52.0 Å². The van der Waals surface area contributed by atoms with Gasteiger partial charge in [0.2, 0.25) is 5.91 Å². The van der Waals surface area contributed by atoms with E-state index >= 15 is 0 Å². The molecule has 2 aliphatic rings. The number of nitrogens with zero attached hydrogens (tertiary/aromatic N) is 3. The Labute approximate surface area is 259 Å². The summed E-state index contributed by atoms with van der Waals surface area (Å²) in [7, 11) is 0. The number of primary amides is 1. The van der Waals surface area contributed by atoms with Gasteiger partial charge in [-0.25, -0.2) is 0 Å². The van der Waals surface area contributed by atoms with Crippen LogP contribution in [0.15, 0.2) is 78.2 Å². The van der Waals surface area contributed by atoms with Crippen molar-refractivity contribution in [3.63, 3.8) is 0 Å². The molecule has 1 saturated heterocycles. The summed E-state index contributed by atoms with van der Waals surface area (Å²) in [6, 6.07) is 25.7. The highest BCUT2D eigenvalue weighted by Gasteiger charge is 2.31. The SMILES string of the molecule is NC(=O)c1csc(CN2CCC(c3nn(C4CC4)c4ccc(C(c5ccc(Cl)cc5)c5ccc(Cl)cc5)cc34)CC2)c1. The molecule has 1 amide bonds. The van der Waals surface area contributed by atoms with Gasteiger partial charge in [-0.05, 0) is 97.9 Å². The number of hydrogen-bond donors (Lipinski definition) is 1. The number of rotatable bonds is 8. The quantitative estimate of drug-likeness (QED) is 0.178. The third-order valence-corrected chi connectivity index (χ3v) is 10.1. The molecule has 1 aliphatic carbocycles. The summed E-state index contributed by atoms with van der Waals surface area (Å²) in [5, 5.41) is 9.89. The molecule has 7 rings (SSSR count). The fourth-order valence-corrected chi connectivity index (χ4v) is 7.49. The molecule has 3 aromatic carbocycles. The Hall–Kier alpha value is -3.16. The average Bonchev–Trinajstić information content (AvgIpc) is 3.61. The fourth-order valence-electron chi connectivity index (χ4n) is 6.33. The summed E-state index contributed by atoms with van der Waals surface area (Å²) in [4.78, 5) is 15.2. The lowest BCUT2D eigenvalue weighted by molar-refractivity contribution is 0.100. The van der Waals surface area contributed by atoms with Crippen molar-refractivity contribution in [3.8, 4) is 0 Å². The number of benzene rings is 3. The molecule has 0 atom stereocenters. The van der Waals surface area contributed by atoms with Crippen molar-refractivity contribution in [3.05, 3.63) is 121 Å². The summed E-state index contributed by atoms with van der Waals surface area (Å²) in [5.74, 6) is 0.107. The maximum atomic E-state index is 11.5. The molecule has 2 aromatic heterocycles. The highest BCUT2D eigenvalue weighted by molar-refractivity contribution is 7.10. The first-order chi connectivity index (χ1) is 20.4. The van der Waals surface area contributed by atoms with Gasteiger partial charge in [0.05, 0.1) is 22.8 Å². The largest absolute Gasteiger partial charge is 0.366 e. The van der Waals surface area contributed by atoms with Crippen molar-refractivity contribution >= 4 is 51.3 Å². The lowest BCUT2D eigenvalue weighted by atomic mass is 9.84. The topological polar surface area (TPSA) is 64.2 Å². The van der Waals surface area contributed by atoms with Gasteiger partial charge in [-0.1, -0.05) is 53.5 Å². The number of thiophene rings is 1. The third-order valence-electron chi connectivity index (χ3n) is 8.68. The number of likely N-dealkylation sites (tertiary alicyclic amines) is 1. The first-order valence-electron chi connectivity index (χ1n) is 14.6. The molecule has 1 aliphatic heterocycles. The van der Waals surface area contributed by atoms with E-state index in [9.17, 15) is 4.79 Å². The van der Waals surface area contributed by atoms with Crippen LogP contribution in [0.2, 0.25) is 10.0 Å². The van der Waals surface area contributed by atoms with Gasteiger partial charge in [-0.3, -0.25) is 14.4 Å². The first-order valence-corrected chi connectivity index (χ1v) is 16.2. The molecule has 0 unspecified atom stereocenters. The van der Waals surface area contributed by atoms with Crippen molar-refractivity contribution < 1.29 is 4.79 Å². The van der Waals surface area contributed by atoms with Crippen LogP contribution in [-0.4, -0.2) is 33.7 Å². The summed E-state index contributed by atoms with van der Waals surface area (Å²) in [5.41, 5.74) is 12.2. The second-order valence-electron chi connectivity index (χ2n) is 11.6. The number of carbonyl (C=O) groups excluding carboxylic acids is 1. The number of hydrogen-bond acceptors (Lipinski definition) is 4. The average molecular weight is 616 g/mol. The number of piperidine rings is 1. The van der Waals surface area contributed by atoms with Crippen LogP contribution in [0.25, 0.3) is 10.9 Å². The molecule has 2 N–H and O–H groups in total. The van der Waals surface area contributed by atoms with Crippen LogP contribution in [0, 0.1) is 0 Å². The molecule has 5 aromatic rings. The number of fused-ring (bicyclic) bond motifs is 1. The zero-order valence-electron chi connectivity index (χ0n) is 23.2. The molecule has 0 spiro atoms. The predicted octanol–water partition coefficient (Wildman–Crippen LogP) is 8.40. The molecule has 0 bridgehead atoms. The number of nitrogens with two attached hydrogens (primary N) is 1. The van der Waals surface area contributed by atoms with E-state index in [1.807, 2.05) is 35.7 Å². The third kappa shape index (κ3) is 5.61. The van der Waals surface area contributed by atoms with Gasteiger partial charge < -0.3 is 5.73 Å². The van der Waals surface area contributed by atoms with E-state index in [0.717, 1.165) is 42.5 Å². The van der Waals surface area contributed by atoms with Gasteiger partial charge in [0.15, 0.2) is 0 Å². The van der Waals surface area contributed by atoms with Crippen LogP contribution in [0.4, 0.5) is 0 Å². The van der Waals surface area contributed by atoms with Gasteiger partial charge in [-0.2, -0.15) is 5.10 Å². The van der Waals surface area contributed by atoms with E-state index < -0.39 is 0 Å². The van der Waals surface area contributed by atoms with Crippen molar-refractivity contribution in [2.45, 2.75) is 50.1 Å². The van der Waals surface area contributed by atoms with Gasteiger partial charge >= 0.3 is 0 Å². The standard InChI is InChI=1S/C34H32Cl2N4OS/c35-26-6-1-21(2-7-26)32(22-3-8-27(36)9-4-22)24-5-12-31-30(18-24)33(38-40(31)28-10-11-28)23-13-15-39(16-14-23)19-29-17-25(20-42-29)34(37)41/h1-9,12,17-18,20,23,28,32H,10-11,13-16,19H2,(H2,37,41). The van der Waals surface area contributed by atoms with Crippen molar-refractivity contribution in [2.24, 2.45) is 5.73 Å². The van der Waals surface area contributed by atoms with E-state index in [0.29, 0.717) is 17.5 Å². The van der Waals surface area contributed by atoms with Gasteiger partial charge in [-0.15, -0.1) is 11.3 Å². The molecular formula is C34H32Cl2N4OS. The highest BCUT2D eigenvalue weighted by atomic mass is 35.5. The molecule has 42 heavy (non-hydrogen) atoms. The van der Waals surface area contributed by atoms with E-state index in [-0.39, 0.29) is 11.8 Å². The fraction of sp³-hybridized carbons (Fsp3) is 0.294. The summed E-state index contributed by atoms with van der Waals surface area (Å²) < 4.78 is 2.29. The molecule has 3 heterocycles. The monoisotopic (exact) mass is 614 g/mol. The van der Waals surface area contributed by atoms with Crippen molar-refractivity contribution in [1.82, 2.24) is 14.7 Å². The van der Waals surface area contributed by atoms with Crippen LogP contribution in [-0.2, 0) is 6.54 Å². The van der Waals surface area contributed by atoms with Crippen LogP contribution < -0.4 is 5.73 Å². The zero-order valence-corrected chi connectivity index (χ0v) is 25.5. The summed E-state index contributed by atoms with van der Waals surface area (Å²) in [6.07, 6.45) is 4.52. The van der Waals surface area contributed by atoms with Gasteiger partial charge in [0, 0.05) is 44.1 Å². The molecule has 2 fully saturated rings. The number of carbonyl (C=O) groups is 1. The summed E-state index contributed by atoms with van der Waals surface area (Å²) >= 11 is 14.2. The van der Waals surface area contributed by atoms with Gasteiger partial charge in [0.25, 0.3) is 0 Å². The zero-order chi connectivity index (χ0) is 28.8. The Morgan fingerprint density at radius 1 is 0.881 bits per heavy atom. The maximum Gasteiger partial charge on any atom is 0.249 e. The minimum atomic E-state index is -0.358. The van der Waals surface area contributed by atoms with Crippen LogP contribution >= 0.6 is 34.5 Å². The minimum absolute atomic E-state index is 0.0546. The number of aromatic nitrogens is 2. The molecule has 8 heteroatoms. The van der Waals surface area contributed by atoms with Crippen molar-refractivity contribution in [1.29, 1.82) is 0 Å². The van der Waals surface area contributed by atoms with Crippen LogP contribution in [0.5, 0.6) is 0 Å². The maximum absolute atomic E-state index is 11.5. The smallest absolute Gasteiger partial charge is 0.249 e. The lowest BCUT2D eigenvalue weighted by Gasteiger charge is -2.31. The Balaban J connectivity index is 1.21. The van der Waals surface area contributed by atoms with Crippen LogP contribution in [0.3, 0.4) is 0 Å². The second-order valence-corrected chi connectivity index (χ2v) is 13.5. The molecule has 5 nitrogen and oxygen atoms in total. The van der Waals surface area contributed by atoms with E-state index in [1.54, 1.807) is 11.3 Å². The highest BCUT2D eigenvalue weighted by Crippen LogP contribution is 2.42. The molecule has 0 radical (unpaired) electrons. The van der Waals surface area contributed by atoms with Crippen molar-refractivity contribution in [2.75, 3.05) is 13.1 Å². The van der Waals surface area contributed by atoms with Gasteiger partial charge in [0.1, 0.15) is 0 Å². The molecule has 214 valence electrons. The van der Waals surface area contributed by atoms with Crippen LogP contribution in [0.1, 0.15) is 81.2 Å². The Morgan fingerprint density at radius 3 is 2.07 bits per heavy atom. The summed E-state index contributed by atoms with van der Waals surface area (Å²) in [6.45, 7) is 2.87. The predicted molar refractivity (Wildman–Crippen MR) is 172 cm³/mol. The number of amides is 1. The molecule has 1 saturated carbocycles.